The summed E-state index contributed by atoms with van der Waals surface area (Å²) in [6.45, 7) is 0.136. The lowest BCUT2D eigenvalue weighted by Gasteiger charge is -2.19. The number of esters is 2. The molecule has 0 atom stereocenters. The van der Waals surface area contributed by atoms with Crippen LogP contribution >= 0.6 is 0 Å². The van der Waals surface area contributed by atoms with E-state index in [1.807, 2.05) is 72.8 Å². The molecule has 0 saturated carbocycles. The molecule has 4 nitrogen and oxygen atoms in total. The Morgan fingerprint density at radius 1 is 0.500 bits per heavy atom. The van der Waals surface area contributed by atoms with Crippen LogP contribution < -0.4 is 0 Å². The van der Waals surface area contributed by atoms with Gasteiger partial charge >= 0.3 is 11.9 Å². The summed E-state index contributed by atoms with van der Waals surface area (Å²) in [4.78, 5) is 25.8. The van der Waals surface area contributed by atoms with Crippen molar-refractivity contribution in [3.63, 3.8) is 0 Å². The number of hydrogen-bond donors (Lipinski definition) is 0. The molecular formula is C36H26O4. The van der Waals surface area contributed by atoms with Gasteiger partial charge in [-0.3, -0.25) is 0 Å². The molecule has 0 amide bonds. The minimum Gasteiger partial charge on any atom is -0.457 e. The summed E-state index contributed by atoms with van der Waals surface area (Å²) >= 11 is 0. The molecule has 0 saturated heterocycles. The fourth-order valence-electron chi connectivity index (χ4n) is 5.05. The van der Waals surface area contributed by atoms with Crippen molar-refractivity contribution in [3.8, 4) is 11.1 Å². The van der Waals surface area contributed by atoms with Crippen molar-refractivity contribution in [1.29, 1.82) is 0 Å². The number of rotatable bonds is 7. The average molecular weight is 523 g/mol. The van der Waals surface area contributed by atoms with E-state index in [1.54, 1.807) is 24.3 Å². The lowest BCUT2D eigenvalue weighted by atomic mass is 9.89. The van der Waals surface area contributed by atoms with Gasteiger partial charge in [-0.05, 0) is 74.6 Å². The van der Waals surface area contributed by atoms with Crippen LogP contribution in [0.4, 0.5) is 0 Å². The summed E-state index contributed by atoms with van der Waals surface area (Å²) in [6, 6.07) is 42.4. The molecule has 0 heterocycles. The van der Waals surface area contributed by atoms with E-state index < -0.39 is 11.9 Å². The van der Waals surface area contributed by atoms with E-state index in [4.69, 9.17) is 9.47 Å². The first kappa shape index (κ1) is 25.1. The zero-order valence-corrected chi connectivity index (χ0v) is 21.7. The predicted molar refractivity (Wildman–Crippen MR) is 158 cm³/mol. The lowest BCUT2D eigenvalue weighted by Crippen LogP contribution is -2.09. The Labute approximate surface area is 232 Å². The van der Waals surface area contributed by atoms with Gasteiger partial charge in [0.25, 0.3) is 0 Å². The van der Waals surface area contributed by atoms with Gasteiger partial charge in [-0.1, -0.05) is 97.1 Å². The summed E-state index contributed by atoms with van der Waals surface area (Å²) < 4.78 is 11.7. The van der Waals surface area contributed by atoms with Crippen molar-refractivity contribution in [2.45, 2.75) is 13.2 Å². The second-order valence-electron chi connectivity index (χ2n) is 9.56. The summed E-state index contributed by atoms with van der Waals surface area (Å²) in [6.07, 6.45) is 0. The predicted octanol–water partition coefficient (Wildman–Crippen LogP) is 8.37. The Balaban J connectivity index is 1.46. The third kappa shape index (κ3) is 5.20. The standard InChI is InChI=1S/C36H26O4/c37-35(26-12-3-1-4-13-26)39-23-31-22-29-17-9-10-18-32(29)33(24-40-36(38)27-14-5-2-6-15-27)34(31)30-20-19-25-11-7-8-16-28(25)21-30/h1-22H,23-24H2. The highest BCUT2D eigenvalue weighted by Crippen LogP contribution is 2.37. The Hall–Kier alpha value is -5.22. The van der Waals surface area contributed by atoms with Crippen molar-refractivity contribution in [2.75, 3.05) is 0 Å². The number of hydrogen-bond acceptors (Lipinski definition) is 4. The van der Waals surface area contributed by atoms with Crippen LogP contribution in [0.25, 0.3) is 32.7 Å². The van der Waals surface area contributed by atoms with Crippen LogP contribution in [0.1, 0.15) is 31.8 Å². The van der Waals surface area contributed by atoms with E-state index in [-0.39, 0.29) is 13.2 Å². The van der Waals surface area contributed by atoms with Crippen LogP contribution in [0.5, 0.6) is 0 Å². The van der Waals surface area contributed by atoms with E-state index in [0.29, 0.717) is 11.1 Å². The van der Waals surface area contributed by atoms with Gasteiger partial charge in [-0.15, -0.1) is 0 Å². The molecule has 0 aromatic heterocycles. The van der Waals surface area contributed by atoms with Crippen molar-refractivity contribution in [3.05, 3.63) is 156 Å². The molecule has 0 unspecified atom stereocenters. The second kappa shape index (κ2) is 11.3. The highest BCUT2D eigenvalue weighted by atomic mass is 16.5. The molecule has 6 rings (SSSR count). The van der Waals surface area contributed by atoms with Crippen molar-refractivity contribution in [2.24, 2.45) is 0 Å². The van der Waals surface area contributed by atoms with Gasteiger partial charge in [0.05, 0.1) is 11.1 Å². The Morgan fingerprint density at radius 3 is 1.73 bits per heavy atom. The molecule has 0 N–H and O–H groups in total. The zero-order chi connectivity index (χ0) is 27.3. The van der Waals surface area contributed by atoms with Gasteiger partial charge in [0, 0.05) is 5.56 Å². The van der Waals surface area contributed by atoms with E-state index >= 15 is 0 Å². The van der Waals surface area contributed by atoms with Crippen LogP contribution in [-0.4, -0.2) is 11.9 Å². The first-order valence-electron chi connectivity index (χ1n) is 13.1. The van der Waals surface area contributed by atoms with Gasteiger partial charge < -0.3 is 9.47 Å². The Bertz CT molecular complexity index is 1830. The summed E-state index contributed by atoms with van der Waals surface area (Å²) in [5.41, 5.74) is 4.54. The maximum Gasteiger partial charge on any atom is 0.338 e. The fourth-order valence-corrected chi connectivity index (χ4v) is 5.05. The van der Waals surface area contributed by atoms with Crippen molar-refractivity contribution < 1.29 is 19.1 Å². The maximum atomic E-state index is 12.9. The summed E-state index contributed by atoms with van der Waals surface area (Å²) in [5.74, 6) is -0.787. The minimum absolute atomic E-state index is 0.0663. The molecule has 0 radical (unpaired) electrons. The molecule has 40 heavy (non-hydrogen) atoms. The molecule has 6 aromatic carbocycles. The summed E-state index contributed by atoms with van der Waals surface area (Å²) in [5, 5.41) is 4.17. The quantitative estimate of drug-likeness (QED) is 0.198. The highest BCUT2D eigenvalue weighted by Gasteiger charge is 2.19. The SMILES string of the molecule is O=C(OCc1cc2ccccc2c(COC(=O)c2ccccc2)c1-c1ccc2ccccc2c1)c1ccccc1. The van der Waals surface area contributed by atoms with Crippen LogP contribution in [-0.2, 0) is 22.7 Å². The molecule has 0 spiro atoms. The number of benzene rings is 6. The molecule has 4 heteroatoms. The Morgan fingerprint density at radius 2 is 1.05 bits per heavy atom. The first-order chi connectivity index (χ1) is 19.7. The van der Waals surface area contributed by atoms with Gasteiger partial charge in [-0.25, -0.2) is 9.59 Å². The normalized spacial score (nSPS) is 10.9. The third-order valence-corrected chi connectivity index (χ3v) is 7.00. The molecule has 6 aromatic rings. The van der Waals surface area contributed by atoms with E-state index in [1.165, 1.54) is 0 Å². The van der Waals surface area contributed by atoms with Gasteiger partial charge in [0.15, 0.2) is 0 Å². The molecule has 0 aliphatic carbocycles. The van der Waals surface area contributed by atoms with Crippen LogP contribution in [0, 0.1) is 0 Å². The second-order valence-corrected chi connectivity index (χ2v) is 9.56. The van der Waals surface area contributed by atoms with Crippen LogP contribution in [0.15, 0.2) is 133 Å². The number of fused-ring (bicyclic) bond motifs is 2. The zero-order valence-electron chi connectivity index (χ0n) is 21.7. The maximum absolute atomic E-state index is 12.9. The summed E-state index contributed by atoms with van der Waals surface area (Å²) in [7, 11) is 0. The monoisotopic (exact) mass is 522 g/mol. The number of carbonyl (C=O) groups is 2. The van der Waals surface area contributed by atoms with Crippen molar-refractivity contribution >= 4 is 33.5 Å². The van der Waals surface area contributed by atoms with E-state index in [9.17, 15) is 9.59 Å². The Kier molecular flexibility index (Phi) is 7.06. The fraction of sp³-hybridized carbons (Fsp3) is 0.0556. The molecular weight excluding hydrogens is 496 g/mol. The van der Waals surface area contributed by atoms with Crippen LogP contribution in [0.2, 0.25) is 0 Å². The minimum atomic E-state index is -0.393. The number of ether oxygens (including phenoxy) is 2. The lowest BCUT2D eigenvalue weighted by molar-refractivity contribution is 0.0472. The average Bonchev–Trinajstić information content (AvgIpc) is 3.02. The first-order valence-corrected chi connectivity index (χ1v) is 13.1. The van der Waals surface area contributed by atoms with Crippen LogP contribution in [0.3, 0.4) is 0 Å². The topological polar surface area (TPSA) is 52.6 Å². The van der Waals surface area contributed by atoms with E-state index in [2.05, 4.69) is 36.4 Å². The molecule has 0 bridgehead atoms. The smallest absolute Gasteiger partial charge is 0.338 e. The number of carbonyl (C=O) groups excluding carboxylic acids is 2. The van der Waals surface area contributed by atoms with Gasteiger partial charge in [0.2, 0.25) is 0 Å². The highest BCUT2D eigenvalue weighted by molar-refractivity contribution is 5.97. The molecule has 0 aliphatic heterocycles. The van der Waals surface area contributed by atoms with Gasteiger partial charge in [-0.2, -0.15) is 0 Å². The van der Waals surface area contributed by atoms with Gasteiger partial charge in [0.1, 0.15) is 13.2 Å². The molecule has 0 aliphatic rings. The molecule has 0 fully saturated rings. The largest absolute Gasteiger partial charge is 0.457 e. The van der Waals surface area contributed by atoms with Crippen molar-refractivity contribution in [1.82, 2.24) is 0 Å². The third-order valence-electron chi connectivity index (χ3n) is 7.00. The van der Waals surface area contributed by atoms with E-state index in [0.717, 1.165) is 43.8 Å². The molecule has 194 valence electrons.